The van der Waals surface area contributed by atoms with Gasteiger partial charge in [-0.05, 0) is 18.6 Å². The van der Waals surface area contributed by atoms with E-state index in [4.69, 9.17) is 9.47 Å². The van der Waals surface area contributed by atoms with Gasteiger partial charge < -0.3 is 14.8 Å². The molecule has 0 saturated heterocycles. The molecule has 0 fully saturated rings. The molecule has 0 aliphatic heterocycles. The number of anilines is 2. The lowest BCUT2D eigenvalue weighted by atomic mass is 10.2. The van der Waals surface area contributed by atoms with Gasteiger partial charge in [0, 0.05) is 18.2 Å². The highest BCUT2D eigenvalue weighted by Crippen LogP contribution is 2.31. The van der Waals surface area contributed by atoms with Crippen molar-refractivity contribution in [1.82, 2.24) is 20.2 Å². The molecule has 0 unspecified atom stereocenters. The summed E-state index contributed by atoms with van der Waals surface area (Å²) >= 11 is 0. The number of aryl methyl sites for hydroxylation is 1. The normalized spacial score (nSPS) is 10.7. The van der Waals surface area contributed by atoms with E-state index in [9.17, 15) is 0 Å². The van der Waals surface area contributed by atoms with Crippen molar-refractivity contribution in [3.63, 3.8) is 0 Å². The summed E-state index contributed by atoms with van der Waals surface area (Å²) in [5, 5.41) is 10.3. The highest BCUT2D eigenvalue weighted by Gasteiger charge is 2.11. The van der Waals surface area contributed by atoms with Crippen molar-refractivity contribution in [1.29, 1.82) is 0 Å². The van der Waals surface area contributed by atoms with E-state index in [0.717, 1.165) is 35.4 Å². The zero-order valence-electron chi connectivity index (χ0n) is 13.4. The zero-order chi connectivity index (χ0) is 16.2. The van der Waals surface area contributed by atoms with Crippen LogP contribution in [-0.4, -0.2) is 34.4 Å². The Morgan fingerprint density at radius 1 is 1.13 bits per heavy atom. The number of H-pyrrole nitrogens is 1. The van der Waals surface area contributed by atoms with E-state index < -0.39 is 0 Å². The number of nitrogens with one attached hydrogen (secondary N) is 2. The van der Waals surface area contributed by atoms with Crippen molar-refractivity contribution >= 4 is 22.5 Å². The van der Waals surface area contributed by atoms with Gasteiger partial charge >= 0.3 is 0 Å². The van der Waals surface area contributed by atoms with Crippen LogP contribution in [0, 0.1) is 0 Å². The van der Waals surface area contributed by atoms with E-state index in [1.54, 1.807) is 20.4 Å². The van der Waals surface area contributed by atoms with Crippen LogP contribution in [0.15, 0.2) is 24.4 Å². The maximum Gasteiger partial charge on any atom is 0.162 e. The predicted molar refractivity (Wildman–Crippen MR) is 88.5 cm³/mol. The number of benzene rings is 1. The van der Waals surface area contributed by atoms with Crippen molar-refractivity contribution < 1.29 is 9.47 Å². The van der Waals surface area contributed by atoms with Crippen LogP contribution in [0.2, 0.25) is 0 Å². The Labute approximate surface area is 134 Å². The van der Waals surface area contributed by atoms with Crippen LogP contribution in [0.5, 0.6) is 11.5 Å². The molecule has 120 valence electrons. The molecule has 0 radical (unpaired) electrons. The predicted octanol–water partition coefficient (Wildman–Crippen LogP) is 3.07. The van der Waals surface area contributed by atoms with Gasteiger partial charge in [0.15, 0.2) is 17.3 Å². The van der Waals surface area contributed by atoms with E-state index >= 15 is 0 Å². The standard InChI is InChI=1S/C16H19N5O2/c1-4-5-14-19-11-9-17-21-15(11)16(20-14)18-10-6-7-12(22-2)13(8-10)23-3/h6-9H,4-5H2,1-3H3,(H,17,21)(H,18,19,20). The molecule has 23 heavy (non-hydrogen) atoms. The summed E-state index contributed by atoms with van der Waals surface area (Å²) in [4.78, 5) is 9.09. The SMILES string of the molecule is CCCc1nc(Nc2ccc(OC)c(OC)c2)c2[nH]ncc2n1. The third-order valence-corrected chi connectivity index (χ3v) is 3.47. The van der Waals surface area contributed by atoms with Crippen LogP contribution in [0.25, 0.3) is 11.0 Å². The minimum atomic E-state index is 0.654. The van der Waals surface area contributed by atoms with Crippen LogP contribution in [-0.2, 0) is 6.42 Å². The lowest BCUT2D eigenvalue weighted by molar-refractivity contribution is 0.355. The Kier molecular flexibility index (Phi) is 4.27. The molecule has 0 aliphatic carbocycles. The van der Waals surface area contributed by atoms with Gasteiger partial charge in [-0.25, -0.2) is 9.97 Å². The fourth-order valence-electron chi connectivity index (χ4n) is 2.36. The number of aromatic nitrogens is 4. The summed E-state index contributed by atoms with van der Waals surface area (Å²) in [5.41, 5.74) is 2.42. The second kappa shape index (κ2) is 6.51. The van der Waals surface area contributed by atoms with E-state index in [1.807, 2.05) is 18.2 Å². The molecule has 0 bridgehead atoms. The van der Waals surface area contributed by atoms with E-state index in [-0.39, 0.29) is 0 Å². The fraction of sp³-hybridized carbons (Fsp3) is 0.312. The quantitative estimate of drug-likeness (QED) is 0.727. The number of ether oxygens (including phenoxy) is 2. The summed E-state index contributed by atoms with van der Waals surface area (Å²) in [6.07, 6.45) is 3.51. The average Bonchev–Trinajstić information content (AvgIpc) is 3.04. The molecule has 2 aromatic heterocycles. The molecular formula is C16H19N5O2. The molecule has 1 aromatic carbocycles. The van der Waals surface area contributed by atoms with Crippen molar-refractivity contribution in [2.45, 2.75) is 19.8 Å². The Hall–Kier alpha value is -2.83. The van der Waals surface area contributed by atoms with Gasteiger partial charge in [-0.2, -0.15) is 5.10 Å². The minimum absolute atomic E-state index is 0.654. The molecular weight excluding hydrogens is 294 g/mol. The van der Waals surface area contributed by atoms with Gasteiger partial charge in [0.1, 0.15) is 16.9 Å². The lowest BCUT2D eigenvalue weighted by Gasteiger charge is -2.12. The molecule has 2 heterocycles. The van der Waals surface area contributed by atoms with Crippen molar-refractivity contribution in [3.05, 3.63) is 30.2 Å². The smallest absolute Gasteiger partial charge is 0.162 e. The van der Waals surface area contributed by atoms with Crippen LogP contribution in [0.4, 0.5) is 11.5 Å². The first-order valence-electron chi connectivity index (χ1n) is 7.44. The highest BCUT2D eigenvalue weighted by atomic mass is 16.5. The van der Waals surface area contributed by atoms with Crippen molar-refractivity contribution in [3.8, 4) is 11.5 Å². The second-order valence-corrected chi connectivity index (χ2v) is 5.06. The van der Waals surface area contributed by atoms with Gasteiger partial charge in [0.05, 0.1) is 20.4 Å². The first-order valence-corrected chi connectivity index (χ1v) is 7.44. The monoisotopic (exact) mass is 313 g/mol. The third kappa shape index (κ3) is 3.03. The van der Waals surface area contributed by atoms with E-state index in [1.165, 1.54) is 0 Å². The molecule has 0 saturated carbocycles. The van der Waals surface area contributed by atoms with Gasteiger partial charge in [0.25, 0.3) is 0 Å². The first-order chi connectivity index (χ1) is 11.2. The molecule has 3 aromatic rings. The Morgan fingerprint density at radius 3 is 2.70 bits per heavy atom. The zero-order valence-corrected chi connectivity index (χ0v) is 13.4. The molecule has 0 amide bonds. The van der Waals surface area contributed by atoms with Crippen molar-refractivity contribution in [2.24, 2.45) is 0 Å². The van der Waals surface area contributed by atoms with Gasteiger partial charge in [0.2, 0.25) is 0 Å². The molecule has 7 nitrogen and oxygen atoms in total. The van der Waals surface area contributed by atoms with Crippen LogP contribution in [0.3, 0.4) is 0 Å². The molecule has 0 atom stereocenters. The molecule has 0 aliphatic rings. The van der Waals surface area contributed by atoms with Gasteiger partial charge in [-0.15, -0.1) is 0 Å². The number of rotatable bonds is 6. The van der Waals surface area contributed by atoms with E-state index in [2.05, 4.69) is 32.4 Å². The molecule has 0 spiro atoms. The number of fused-ring (bicyclic) bond motifs is 1. The topological polar surface area (TPSA) is 85.0 Å². The summed E-state index contributed by atoms with van der Waals surface area (Å²) in [5.74, 6) is 2.83. The van der Waals surface area contributed by atoms with Gasteiger partial charge in [-0.3, -0.25) is 5.10 Å². The molecule has 3 rings (SSSR count). The Morgan fingerprint density at radius 2 is 1.96 bits per heavy atom. The first kappa shape index (κ1) is 15.1. The maximum atomic E-state index is 5.33. The maximum absolute atomic E-state index is 5.33. The second-order valence-electron chi connectivity index (χ2n) is 5.06. The van der Waals surface area contributed by atoms with Crippen molar-refractivity contribution in [2.75, 3.05) is 19.5 Å². The van der Waals surface area contributed by atoms with Crippen LogP contribution < -0.4 is 14.8 Å². The number of nitrogens with zero attached hydrogens (tertiary/aromatic N) is 3. The average molecular weight is 313 g/mol. The number of methoxy groups -OCH3 is 2. The Balaban J connectivity index is 1.98. The minimum Gasteiger partial charge on any atom is -0.493 e. The van der Waals surface area contributed by atoms with Crippen LogP contribution in [0.1, 0.15) is 19.2 Å². The van der Waals surface area contributed by atoms with E-state index in [0.29, 0.717) is 17.3 Å². The summed E-state index contributed by atoms with van der Waals surface area (Å²) < 4.78 is 10.6. The summed E-state index contributed by atoms with van der Waals surface area (Å²) in [7, 11) is 3.22. The third-order valence-electron chi connectivity index (χ3n) is 3.47. The molecule has 7 heteroatoms. The summed E-state index contributed by atoms with van der Waals surface area (Å²) in [6.45, 7) is 2.10. The fourth-order valence-corrected chi connectivity index (χ4v) is 2.36. The Bertz CT molecular complexity index is 815. The summed E-state index contributed by atoms with van der Waals surface area (Å²) in [6, 6.07) is 5.62. The molecule has 2 N–H and O–H groups in total. The highest BCUT2D eigenvalue weighted by molar-refractivity contribution is 5.86. The largest absolute Gasteiger partial charge is 0.493 e. The number of aromatic amines is 1. The lowest BCUT2D eigenvalue weighted by Crippen LogP contribution is -2.02. The number of hydrogen-bond acceptors (Lipinski definition) is 6. The van der Waals surface area contributed by atoms with Gasteiger partial charge in [-0.1, -0.05) is 6.92 Å². The number of hydrogen-bond donors (Lipinski definition) is 2. The van der Waals surface area contributed by atoms with Crippen LogP contribution >= 0.6 is 0 Å².